The van der Waals surface area contributed by atoms with Crippen LogP contribution in [0, 0.1) is 0 Å². The summed E-state index contributed by atoms with van der Waals surface area (Å²) in [6.07, 6.45) is 1.64. The van der Waals surface area contributed by atoms with E-state index < -0.39 is 11.2 Å². The number of rotatable bonds is 3. The number of hydrogen-bond acceptors (Lipinski definition) is 2. The average Bonchev–Trinajstić information content (AvgIpc) is 2.16. The van der Waals surface area contributed by atoms with Crippen molar-refractivity contribution >= 4 is 87.5 Å². The highest BCUT2D eigenvalue weighted by molar-refractivity contribution is 9.25. The Morgan fingerprint density at radius 3 is 2.33 bits per heavy atom. The van der Waals surface area contributed by atoms with E-state index in [1.807, 2.05) is 0 Å². The predicted octanol–water partition coefficient (Wildman–Crippen LogP) is 4.80. The first kappa shape index (κ1) is 17.8. The molecule has 0 heterocycles. The van der Waals surface area contributed by atoms with Crippen molar-refractivity contribution in [3.8, 4) is 0 Å². The van der Waals surface area contributed by atoms with Crippen molar-refractivity contribution in [2.45, 2.75) is 8.25 Å². The van der Waals surface area contributed by atoms with Gasteiger partial charge in [-0.2, -0.15) is 0 Å². The SMILES string of the molecule is C=C1C(Br)=CC(C(Br)(Br)OP(=O)(O)O)=C(Br)C1Br. The molecule has 2 N–H and O–H groups in total. The fraction of sp³-hybridized carbons (Fsp3) is 0.250. The molecule has 18 heavy (non-hydrogen) atoms. The molecular weight excluding hydrogens is 591 g/mol. The minimum absolute atomic E-state index is 0.221. The molecule has 0 fully saturated rings. The molecule has 0 amide bonds. The Bertz CT molecular complexity index is 492. The average molecular weight is 597 g/mol. The van der Waals surface area contributed by atoms with Gasteiger partial charge in [0.05, 0.1) is 4.83 Å². The summed E-state index contributed by atoms with van der Waals surface area (Å²) < 4.78 is 15.4. The predicted molar refractivity (Wildman–Crippen MR) is 88.5 cm³/mol. The number of allylic oxidation sites excluding steroid dienone is 3. The minimum atomic E-state index is -4.67. The number of phosphoric acid groups is 1. The zero-order valence-corrected chi connectivity index (χ0v) is 17.2. The van der Waals surface area contributed by atoms with Crippen molar-refractivity contribution in [3.63, 3.8) is 0 Å². The Hall–Kier alpha value is 1.73. The lowest BCUT2D eigenvalue weighted by Gasteiger charge is -2.29. The summed E-state index contributed by atoms with van der Waals surface area (Å²) in [5.74, 6) is 0. The van der Waals surface area contributed by atoms with Crippen LogP contribution in [0.2, 0.25) is 0 Å². The molecule has 0 radical (unpaired) electrons. The van der Waals surface area contributed by atoms with Crippen molar-refractivity contribution in [2.75, 3.05) is 0 Å². The second kappa shape index (κ2) is 6.23. The van der Waals surface area contributed by atoms with Crippen LogP contribution in [-0.4, -0.2) is 18.0 Å². The third kappa shape index (κ3) is 4.36. The summed E-state index contributed by atoms with van der Waals surface area (Å²) in [5.41, 5.74) is 1.24. The van der Waals surface area contributed by atoms with E-state index in [1.54, 1.807) is 6.08 Å². The maximum absolute atomic E-state index is 10.9. The van der Waals surface area contributed by atoms with E-state index in [-0.39, 0.29) is 4.83 Å². The van der Waals surface area contributed by atoms with Crippen LogP contribution in [0.15, 0.2) is 32.8 Å². The molecule has 1 aliphatic rings. The van der Waals surface area contributed by atoms with Crippen molar-refractivity contribution in [1.29, 1.82) is 0 Å². The van der Waals surface area contributed by atoms with Crippen LogP contribution in [0.4, 0.5) is 0 Å². The minimum Gasteiger partial charge on any atom is -0.303 e. The molecule has 1 aliphatic carbocycles. The van der Waals surface area contributed by atoms with E-state index in [0.29, 0.717) is 14.5 Å². The summed E-state index contributed by atoms with van der Waals surface area (Å²) in [4.78, 5) is 17.5. The Morgan fingerprint density at radius 2 is 1.89 bits per heavy atom. The summed E-state index contributed by atoms with van der Waals surface area (Å²) in [7, 11) is -4.67. The van der Waals surface area contributed by atoms with Crippen molar-refractivity contribution in [1.82, 2.24) is 0 Å². The largest absolute Gasteiger partial charge is 0.471 e. The van der Waals surface area contributed by atoms with Gasteiger partial charge >= 0.3 is 7.82 Å². The Kier molecular flexibility index (Phi) is 6.16. The number of hydrogen-bond donors (Lipinski definition) is 2. The molecule has 4 nitrogen and oxygen atoms in total. The van der Waals surface area contributed by atoms with Crippen LogP contribution in [0.5, 0.6) is 0 Å². The van der Waals surface area contributed by atoms with Crippen LogP contribution in [0.3, 0.4) is 0 Å². The Morgan fingerprint density at radius 1 is 1.39 bits per heavy atom. The number of halogens is 5. The standard InChI is InChI=1S/C8H6Br5O4P/c1-3-5(9)2-4(7(11)6(3)10)8(12,13)17-18(14,15)16/h2,6H,1H2,(H2,14,15,16). The van der Waals surface area contributed by atoms with Gasteiger partial charge in [-0.15, -0.1) is 0 Å². The fourth-order valence-corrected chi connectivity index (χ4v) is 5.77. The van der Waals surface area contributed by atoms with Crippen LogP contribution in [0.25, 0.3) is 0 Å². The summed E-state index contributed by atoms with van der Waals surface area (Å²) >= 11 is 16.3. The molecule has 1 unspecified atom stereocenters. The third-order valence-corrected chi connectivity index (χ3v) is 7.35. The van der Waals surface area contributed by atoms with E-state index in [0.717, 1.165) is 5.57 Å². The summed E-state index contributed by atoms with van der Waals surface area (Å²) in [6, 6.07) is 0. The smallest absolute Gasteiger partial charge is 0.303 e. The Labute approximate surface area is 146 Å². The molecule has 1 rings (SSSR count). The van der Waals surface area contributed by atoms with Gasteiger partial charge in [0.2, 0.25) is 3.42 Å². The molecule has 10 heteroatoms. The van der Waals surface area contributed by atoms with E-state index in [2.05, 4.69) is 90.8 Å². The zero-order chi connectivity index (χ0) is 14.3. The van der Waals surface area contributed by atoms with Crippen molar-refractivity contribution in [3.05, 3.63) is 32.8 Å². The molecule has 0 saturated carbocycles. The van der Waals surface area contributed by atoms with Gasteiger partial charge in [0.15, 0.2) is 0 Å². The zero-order valence-electron chi connectivity index (χ0n) is 8.41. The number of alkyl halides is 3. The monoisotopic (exact) mass is 592 g/mol. The van der Waals surface area contributed by atoms with Crippen LogP contribution < -0.4 is 0 Å². The first-order valence-corrected chi connectivity index (χ1v) is 9.82. The van der Waals surface area contributed by atoms with Gasteiger partial charge in [0.1, 0.15) is 0 Å². The highest BCUT2D eigenvalue weighted by Gasteiger charge is 2.40. The van der Waals surface area contributed by atoms with Crippen molar-refractivity contribution < 1.29 is 18.9 Å². The summed E-state index contributed by atoms with van der Waals surface area (Å²) in [6.45, 7) is 3.87. The maximum Gasteiger partial charge on any atom is 0.471 e. The molecule has 0 aromatic heterocycles. The molecular formula is C8H6Br5O4P. The highest BCUT2D eigenvalue weighted by atomic mass is 79.9. The van der Waals surface area contributed by atoms with Crippen LogP contribution in [-0.2, 0) is 9.09 Å². The second-order valence-corrected chi connectivity index (χ2v) is 10.3. The molecule has 0 aromatic carbocycles. The van der Waals surface area contributed by atoms with Crippen LogP contribution in [0.1, 0.15) is 0 Å². The third-order valence-electron chi connectivity index (χ3n) is 1.91. The second-order valence-electron chi connectivity index (χ2n) is 3.24. The van der Waals surface area contributed by atoms with Gasteiger partial charge in [-0.05, 0) is 43.5 Å². The lowest BCUT2D eigenvalue weighted by atomic mass is 10.0. The molecule has 0 bridgehead atoms. The van der Waals surface area contributed by atoms with Crippen LogP contribution >= 0.6 is 87.5 Å². The topological polar surface area (TPSA) is 66.8 Å². The molecule has 102 valence electrons. The molecule has 0 aromatic rings. The van der Waals surface area contributed by atoms with Gasteiger partial charge in [-0.25, -0.2) is 4.57 Å². The molecule has 1 atom stereocenters. The van der Waals surface area contributed by atoms with E-state index >= 15 is 0 Å². The van der Waals surface area contributed by atoms with Gasteiger partial charge in [-0.3, -0.25) is 4.52 Å². The first-order chi connectivity index (χ1) is 7.96. The quantitative estimate of drug-likeness (QED) is 0.363. The molecule has 0 aliphatic heterocycles. The lowest BCUT2D eigenvalue weighted by molar-refractivity contribution is 0.190. The normalized spacial score (nSPS) is 22.3. The van der Waals surface area contributed by atoms with Gasteiger partial charge in [0.25, 0.3) is 0 Å². The lowest BCUT2D eigenvalue weighted by Crippen LogP contribution is -2.23. The van der Waals surface area contributed by atoms with E-state index in [1.165, 1.54) is 0 Å². The molecule has 0 spiro atoms. The van der Waals surface area contributed by atoms with Gasteiger partial charge < -0.3 is 9.79 Å². The Balaban J connectivity index is 3.23. The highest BCUT2D eigenvalue weighted by Crippen LogP contribution is 2.54. The van der Waals surface area contributed by atoms with Gasteiger partial charge in [-0.1, -0.05) is 54.4 Å². The maximum atomic E-state index is 10.9. The first-order valence-electron chi connectivity index (χ1n) is 4.20. The van der Waals surface area contributed by atoms with Gasteiger partial charge in [0, 0.05) is 14.5 Å². The van der Waals surface area contributed by atoms with Crippen molar-refractivity contribution in [2.24, 2.45) is 0 Å². The van der Waals surface area contributed by atoms with E-state index in [4.69, 9.17) is 9.79 Å². The molecule has 0 saturated heterocycles. The van der Waals surface area contributed by atoms with E-state index in [9.17, 15) is 4.57 Å². The fourth-order valence-electron chi connectivity index (χ4n) is 1.12. The number of phosphoric ester groups is 1. The summed E-state index contributed by atoms with van der Waals surface area (Å²) in [5, 5.41) is 0.